The molecule has 0 aromatic rings. The van der Waals surface area contributed by atoms with E-state index in [0.717, 1.165) is 19.4 Å². The minimum Gasteiger partial charge on any atom is -0.383 e. The van der Waals surface area contributed by atoms with E-state index < -0.39 is 0 Å². The van der Waals surface area contributed by atoms with Gasteiger partial charge >= 0.3 is 0 Å². The number of rotatable bonds is 6. The van der Waals surface area contributed by atoms with Gasteiger partial charge in [0.25, 0.3) is 0 Å². The van der Waals surface area contributed by atoms with Gasteiger partial charge in [-0.25, -0.2) is 10.8 Å². The van der Waals surface area contributed by atoms with E-state index in [0.29, 0.717) is 31.3 Å². The minimum absolute atomic E-state index is 0.389. The molecule has 4 N–H and O–H groups in total. The van der Waals surface area contributed by atoms with Crippen molar-refractivity contribution in [3.63, 3.8) is 0 Å². The molecule has 0 atom stereocenters. The van der Waals surface area contributed by atoms with Gasteiger partial charge in [-0.2, -0.15) is 0 Å². The van der Waals surface area contributed by atoms with Crippen LogP contribution >= 0.6 is 0 Å². The zero-order chi connectivity index (χ0) is 11.8. The molecule has 0 bridgehead atoms. The number of ether oxygens (including phenoxy) is 2. The lowest BCUT2D eigenvalue weighted by Gasteiger charge is -2.35. The topological polar surface area (TPSA) is 80.9 Å². The summed E-state index contributed by atoms with van der Waals surface area (Å²) in [5.74, 6) is 5.98. The van der Waals surface area contributed by atoms with Crippen molar-refractivity contribution < 1.29 is 9.47 Å². The Morgan fingerprint density at radius 3 is 2.81 bits per heavy atom. The van der Waals surface area contributed by atoms with Crippen molar-refractivity contribution in [2.24, 2.45) is 10.8 Å². The van der Waals surface area contributed by atoms with Crippen LogP contribution in [0.1, 0.15) is 19.8 Å². The second kappa shape index (κ2) is 7.43. The van der Waals surface area contributed by atoms with Gasteiger partial charge < -0.3 is 14.8 Å². The van der Waals surface area contributed by atoms with Gasteiger partial charge in [0.05, 0.1) is 19.3 Å². The van der Waals surface area contributed by atoms with Gasteiger partial charge in [-0.05, 0) is 19.8 Å². The molecule has 1 saturated carbocycles. The van der Waals surface area contributed by atoms with E-state index in [9.17, 15) is 0 Å². The molecule has 0 aliphatic heterocycles. The highest BCUT2D eigenvalue weighted by molar-refractivity contribution is 5.79. The molecule has 0 unspecified atom stereocenters. The SMILES string of the molecule is CCOC1CC(NC(=NCCOC)NN)C1. The Morgan fingerprint density at radius 1 is 1.50 bits per heavy atom. The molecule has 16 heavy (non-hydrogen) atoms. The molecular weight excluding hydrogens is 208 g/mol. The molecule has 94 valence electrons. The van der Waals surface area contributed by atoms with E-state index in [1.165, 1.54) is 0 Å². The molecular formula is C10H22N4O2. The fourth-order valence-electron chi connectivity index (χ4n) is 1.63. The minimum atomic E-state index is 0.389. The number of nitrogens with zero attached hydrogens (tertiary/aromatic N) is 1. The quantitative estimate of drug-likeness (QED) is 0.190. The van der Waals surface area contributed by atoms with E-state index in [2.05, 4.69) is 15.7 Å². The van der Waals surface area contributed by atoms with Crippen LogP contribution in [0.3, 0.4) is 0 Å². The highest BCUT2D eigenvalue weighted by atomic mass is 16.5. The first-order valence-corrected chi connectivity index (χ1v) is 5.68. The van der Waals surface area contributed by atoms with Crippen LogP contribution in [-0.2, 0) is 9.47 Å². The maximum atomic E-state index is 5.47. The van der Waals surface area contributed by atoms with Crippen LogP contribution in [0.2, 0.25) is 0 Å². The average Bonchev–Trinajstić information content (AvgIpc) is 2.24. The molecule has 1 fully saturated rings. The Bertz CT molecular complexity index is 217. The van der Waals surface area contributed by atoms with Crippen molar-refractivity contribution >= 4 is 5.96 Å². The summed E-state index contributed by atoms with van der Waals surface area (Å²) in [4.78, 5) is 4.23. The summed E-state index contributed by atoms with van der Waals surface area (Å²) < 4.78 is 10.4. The monoisotopic (exact) mass is 230 g/mol. The van der Waals surface area contributed by atoms with Crippen LogP contribution in [0.15, 0.2) is 4.99 Å². The molecule has 6 nitrogen and oxygen atoms in total. The fourth-order valence-corrected chi connectivity index (χ4v) is 1.63. The summed E-state index contributed by atoms with van der Waals surface area (Å²) in [5.41, 5.74) is 2.55. The molecule has 0 aromatic carbocycles. The fraction of sp³-hybridized carbons (Fsp3) is 0.900. The largest absolute Gasteiger partial charge is 0.383 e. The number of hydrazine groups is 1. The normalized spacial score (nSPS) is 25.1. The summed E-state index contributed by atoms with van der Waals surface area (Å²) in [7, 11) is 1.65. The molecule has 1 aliphatic carbocycles. The lowest BCUT2D eigenvalue weighted by Crippen LogP contribution is -2.53. The predicted molar refractivity (Wildman–Crippen MR) is 63.1 cm³/mol. The first-order chi connectivity index (χ1) is 7.80. The highest BCUT2D eigenvalue weighted by Crippen LogP contribution is 2.22. The average molecular weight is 230 g/mol. The third-order valence-corrected chi connectivity index (χ3v) is 2.54. The molecule has 0 aromatic heterocycles. The Hall–Kier alpha value is -0.850. The van der Waals surface area contributed by atoms with Gasteiger partial charge in [-0.15, -0.1) is 0 Å². The highest BCUT2D eigenvalue weighted by Gasteiger charge is 2.29. The van der Waals surface area contributed by atoms with Crippen molar-refractivity contribution in [1.29, 1.82) is 0 Å². The first kappa shape index (κ1) is 13.2. The van der Waals surface area contributed by atoms with Crippen LogP contribution in [0.25, 0.3) is 0 Å². The van der Waals surface area contributed by atoms with Gasteiger partial charge in [-0.3, -0.25) is 5.43 Å². The number of nitrogens with two attached hydrogens (primary N) is 1. The zero-order valence-corrected chi connectivity index (χ0v) is 10.0. The van der Waals surface area contributed by atoms with E-state index in [1.54, 1.807) is 7.11 Å². The van der Waals surface area contributed by atoms with Gasteiger partial charge in [0.2, 0.25) is 5.96 Å². The molecule has 1 rings (SSSR count). The number of hydrogen-bond donors (Lipinski definition) is 3. The third kappa shape index (κ3) is 4.34. The maximum Gasteiger partial charge on any atom is 0.206 e. The van der Waals surface area contributed by atoms with Crippen LogP contribution < -0.4 is 16.6 Å². The second-order valence-corrected chi connectivity index (χ2v) is 3.76. The van der Waals surface area contributed by atoms with E-state index in [-0.39, 0.29) is 0 Å². The lowest BCUT2D eigenvalue weighted by atomic mass is 9.89. The van der Waals surface area contributed by atoms with Crippen molar-refractivity contribution in [2.45, 2.75) is 31.9 Å². The summed E-state index contributed by atoms with van der Waals surface area (Å²) in [6, 6.07) is 0.411. The zero-order valence-electron chi connectivity index (χ0n) is 10.0. The maximum absolute atomic E-state index is 5.47. The summed E-state index contributed by atoms with van der Waals surface area (Å²) in [6.45, 7) is 3.99. The molecule has 0 amide bonds. The predicted octanol–water partition coefficient (Wildman–Crippen LogP) is -0.391. The molecule has 0 spiro atoms. The van der Waals surface area contributed by atoms with Crippen LogP contribution in [0, 0.1) is 0 Å². The summed E-state index contributed by atoms with van der Waals surface area (Å²) >= 11 is 0. The lowest BCUT2D eigenvalue weighted by molar-refractivity contribution is -0.00580. The molecule has 6 heteroatoms. The smallest absolute Gasteiger partial charge is 0.206 e. The van der Waals surface area contributed by atoms with Crippen molar-refractivity contribution in [3.05, 3.63) is 0 Å². The molecule has 0 radical (unpaired) electrons. The van der Waals surface area contributed by atoms with Crippen LogP contribution in [0.4, 0.5) is 0 Å². The Balaban J connectivity index is 2.17. The number of aliphatic imine (C=N–C) groups is 1. The van der Waals surface area contributed by atoms with Crippen molar-refractivity contribution in [2.75, 3.05) is 26.9 Å². The number of hydrogen-bond acceptors (Lipinski definition) is 4. The Labute approximate surface area is 96.6 Å². The van der Waals surface area contributed by atoms with E-state index >= 15 is 0 Å². The van der Waals surface area contributed by atoms with Crippen molar-refractivity contribution in [1.82, 2.24) is 10.7 Å². The van der Waals surface area contributed by atoms with Gasteiger partial charge in [0.1, 0.15) is 0 Å². The van der Waals surface area contributed by atoms with Gasteiger partial charge in [-0.1, -0.05) is 0 Å². The number of nitrogens with one attached hydrogen (secondary N) is 2. The third-order valence-electron chi connectivity index (χ3n) is 2.54. The van der Waals surface area contributed by atoms with Crippen molar-refractivity contribution in [3.8, 4) is 0 Å². The number of guanidine groups is 1. The first-order valence-electron chi connectivity index (χ1n) is 5.68. The van der Waals surface area contributed by atoms with Crippen LogP contribution in [-0.4, -0.2) is 45.0 Å². The second-order valence-electron chi connectivity index (χ2n) is 3.76. The molecule has 0 heterocycles. The molecule has 0 saturated heterocycles. The van der Waals surface area contributed by atoms with Gasteiger partial charge in [0.15, 0.2) is 0 Å². The van der Waals surface area contributed by atoms with Crippen LogP contribution in [0.5, 0.6) is 0 Å². The summed E-state index contributed by atoms with van der Waals surface area (Å²) in [5, 5.41) is 3.23. The standard InChI is InChI=1S/C10H22N4O2/c1-3-16-9-6-8(7-9)13-10(14-11)12-4-5-15-2/h8-9H,3-7,11H2,1-2H3,(H2,12,13,14). The van der Waals surface area contributed by atoms with Gasteiger partial charge in [0, 0.05) is 19.8 Å². The van der Waals surface area contributed by atoms with E-state index in [1.807, 2.05) is 6.92 Å². The van der Waals surface area contributed by atoms with E-state index in [4.69, 9.17) is 15.3 Å². The summed E-state index contributed by atoms with van der Waals surface area (Å²) in [6.07, 6.45) is 2.41. The number of methoxy groups -OCH3 is 1. The Kier molecular flexibility index (Phi) is 6.14. The Morgan fingerprint density at radius 2 is 2.25 bits per heavy atom. The molecule has 1 aliphatic rings.